The highest BCUT2D eigenvalue weighted by molar-refractivity contribution is 7.91. The monoisotopic (exact) mass is 372 g/mol. The second-order valence-corrected chi connectivity index (χ2v) is 7.19. The van der Waals surface area contributed by atoms with Crippen molar-refractivity contribution in [2.45, 2.75) is 30.4 Å². The molecule has 1 aromatic carbocycles. The van der Waals surface area contributed by atoms with E-state index >= 15 is 0 Å². The number of phenols is 1. The van der Waals surface area contributed by atoms with Crippen LogP contribution in [0.2, 0.25) is 0 Å². The van der Waals surface area contributed by atoms with Crippen molar-refractivity contribution in [2.75, 3.05) is 12.9 Å². The molecule has 0 aliphatic heterocycles. The first-order valence-corrected chi connectivity index (χ1v) is 8.69. The Hall–Kier alpha value is -1.84. The molecule has 5 nitrogen and oxygen atoms in total. The molecule has 0 saturated heterocycles. The summed E-state index contributed by atoms with van der Waals surface area (Å²) in [6.07, 6.45) is -1.94. The Balaban J connectivity index is 2.45. The number of carbonyl (C=O) groups excluding carboxylic acids is 1. The predicted octanol–water partition coefficient (Wildman–Crippen LogP) is 2.99. The van der Waals surface area contributed by atoms with E-state index in [9.17, 15) is 35.9 Å². The van der Waals surface area contributed by atoms with Crippen LogP contribution in [0.25, 0.3) is 0 Å². The van der Waals surface area contributed by atoms with E-state index in [0.29, 0.717) is 0 Å². The molecule has 1 rings (SSSR count). The maximum Gasteiger partial charge on any atom is 0.406 e. The Bertz CT molecular complexity index is 688. The Labute approximate surface area is 136 Å². The van der Waals surface area contributed by atoms with Gasteiger partial charge in [0.05, 0.1) is 12.2 Å². The van der Waals surface area contributed by atoms with Crippen molar-refractivity contribution >= 4 is 15.8 Å². The molecule has 0 aliphatic rings. The summed E-state index contributed by atoms with van der Waals surface area (Å²) in [4.78, 5) is 11.6. The van der Waals surface area contributed by atoms with E-state index in [1.807, 2.05) is 0 Å². The first-order chi connectivity index (χ1) is 10.9. The standard InChI is InChI=1S/C14H16F4O5S/c1-24(21,22)14(17,18)13(15,16)7-2-3-8-23-12(20)10-5-4-6-11(19)9-10/h4-6,9,19H,2-3,7-8H2,1H3. The molecule has 0 heterocycles. The Morgan fingerprint density at radius 2 is 1.83 bits per heavy atom. The maximum absolute atomic E-state index is 13.3. The molecule has 0 spiro atoms. The number of sulfone groups is 1. The van der Waals surface area contributed by atoms with Gasteiger partial charge in [0.15, 0.2) is 0 Å². The minimum absolute atomic E-state index is 0.0396. The van der Waals surface area contributed by atoms with Crippen LogP contribution in [0.4, 0.5) is 17.6 Å². The van der Waals surface area contributed by atoms with Gasteiger partial charge in [-0.2, -0.15) is 17.6 Å². The van der Waals surface area contributed by atoms with Crippen molar-refractivity contribution in [1.29, 1.82) is 0 Å². The second-order valence-electron chi connectivity index (χ2n) is 5.14. The van der Waals surface area contributed by atoms with Gasteiger partial charge >= 0.3 is 17.1 Å². The molecule has 10 heteroatoms. The summed E-state index contributed by atoms with van der Waals surface area (Å²) in [5, 5.41) is 4.04. The van der Waals surface area contributed by atoms with E-state index < -0.39 is 39.8 Å². The molecule has 1 N–H and O–H groups in total. The SMILES string of the molecule is CS(=O)(=O)C(F)(F)C(F)(F)CCCCOC(=O)c1cccc(O)c1. The topological polar surface area (TPSA) is 80.7 Å². The number of hydrogen-bond acceptors (Lipinski definition) is 5. The lowest BCUT2D eigenvalue weighted by molar-refractivity contribution is -0.161. The van der Waals surface area contributed by atoms with Crippen molar-refractivity contribution in [3.8, 4) is 5.75 Å². The number of ether oxygens (including phenoxy) is 1. The lowest BCUT2D eigenvalue weighted by Gasteiger charge is -2.24. The van der Waals surface area contributed by atoms with Crippen molar-refractivity contribution < 1.29 is 40.6 Å². The van der Waals surface area contributed by atoms with Crippen LogP contribution in [0.1, 0.15) is 29.6 Å². The number of halogens is 4. The highest BCUT2D eigenvalue weighted by Crippen LogP contribution is 2.41. The van der Waals surface area contributed by atoms with Crippen LogP contribution in [0.5, 0.6) is 5.75 Å². The van der Waals surface area contributed by atoms with Crippen LogP contribution < -0.4 is 0 Å². The Kier molecular flexibility index (Phi) is 6.20. The van der Waals surface area contributed by atoms with E-state index in [1.165, 1.54) is 18.2 Å². The number of hydrogen-bond donors (Lipinski definition) is 1. The number of rotatable bonds is 8. The zero-order valence-electron chi connectivity index (χ0n) is 12.6. The number of aromatic hydroxyl groups is 1. The molecule has 0 saturated carbocycles. The summed E-state index contributed by atoms with van der Waals surface area (Å²) in [5.41, 5.74) is 0.0453. The van der Waals surface area contributed by atoms with Crippen molar-refractivity contribution in [2.24, 2.45) is 0 Å². The average molecular weight is 372 g/mol. The summed E-state index contributed by atoms with van der Waals surface area (Å²) in [7, 11) is -5.25. The molecule has 0 aliphatic carbocycles. The van der Waals surface area contributed by atoms with E-state index in [4.69, 9.17) is 4.74 Å². The highest BCUT2D eigenvalue weighted by Gasteiger charge is 2.62. The van der Waals surface area contributed by atoms with E-state index in [2.05, 4.69) is 0 Å². The third-order valence-electron chi connectivity index (χ3n) is 3.09. The maximum atomic E-state index is 13.3. The summed E-state index contributed by atoms with van der Waals surface area (Å²) >= 11 is 0. The summed E-state index contributed by atoms with van der Waals surface area (Å²) in [6, 6.07) is 5.24. The first-order valence-electron chi connectivity index (χ1n) is 6.80. The molecule has 0 fully saturated rings. The third-order valence-corrected chi connectivity index (χ3v) is 4.32. The van der Waals surface area contributed by atoms with Gasteiger partial charge in [-0.3, -0.25) is 0 Å². The molecule has 0 aromatic heterocycles. The van der Waals surface area contributed by atoms with Crippen LogP contribution in [-0.4, -0.2) is 43.5 Å². The molecule has 0 radical (unpaired) electrons. The lowest BCUT2D eigenvalue weighted by atomic mass is 10.1. The predicted molar refractivity (Wildman–Crippen MR) is 77.0 cm³/mol. The number of unbranched alkanes of at least 4 members (excludes halogenated alkanes) is 1. The third kappa shape index (κ3) is 4.83. The van der Waals surface area contributed by atoms with Crippen molar-refractivity contribution in [3.05, 3.63) is 29.8 Å². The first kappa shape index (κ1) is 20.2. The van der Waals surface area contributed by atoms with Gasteiger partial charge in [0.2, 0.25) is 9.84 Å². The van der Waals surface area contributed by atoms with Crippen LogP contribution in [0, 0.1) is 0 Å². The van der Waals surface area contributed by atoms with Gasteiger partial charge in [0, 0.05) is 12.7 Å². The lowest BCUT2D eigenvalue weighted by Crippen LogP contribution is -2.46. The van der Waals surface area contributed by atoms with Crippen LogP contribution >= 0.6 is 0 Å². The summed E-state index contributed by atoms with van der Waals surface area (Å²) < 4.78 is 79.2. The molecule has 1 aromatic rings. The molecule has 0 atom stereocenters. The van der Waals surface area contributed by atoms with Gasteiger partial charge in [-0.1, -0.05) is 6.07 Å². The van der Waals surface area contributed by atoms with E-state index in [0.717, 1.165) is 6.07 Å². The summed E-state index contributed by atoms with van der Waals surface area (Å²) in [6.45, 7) is -0.311. The van der Waals surface area contributed by atoms with Crippen LogP contribution in [0.15, 0.2) is 24.3 Å². The second kappa shape index (κ2) is 7.37. The number of carbonyl (C=O) groups is 1. The van der Waals surface area contributed by atoms with Crippen LogP contribution in [-0.2, 0) is 14.6 Å². The Morgan fingerprint density at radius 1 is 1.21 bits per heavy atom. The van der Waals surface area contributed by atoms with Gasteiger partial charge in [-0.05, 0) is 31.0 Å². The molecule has 0 amide bonds. The molecular formula is C14H16F4O5S. The summed E-state index contributed by atoms with van der Waals surface area (Å²) in [5.74, 6) is -5.68. The normalized spacial score (nSPS) is 12.9. The highest BCUT2D eigenvalue weighted by atomic mass is 32.2. The van der Waals surface area contributed by atoms with E-state index in [1.54, 1.807) is 0 Å². The molecule has 136 valence electrons. The largest absolute Gasteiger partial charge is 0.508 e. The molecule has 0 unspecified atom stereocenters. The van der Waals surface area contributed by atoms with Gasteiger partial charge < -0.3 is 9.84 Å². The fraction of sp³-hybridized carbons (Fsp3) is 0.500. The average Bonchev–Trinajstić information content (AvgIpc) is 2.45. The van der Waals surface area contributed by atoms with Crippen molar-refractivity contribution in [1.82, 2.24) is 0 Å². The van der Waals surface area contributed by atoms with E-state index in [-0.39, 0.29) is 30.6 Å². The minimum atomic E-state index is -5.25. The van der Waals surface area contributed by atoms with Crippen molar-refractivity contribution in [3.63, 3.8) is 0 Å². The smallest absolute Gasteiger partial charge is 0.406 e. The van der Waals surface area contributed by atoms with Gasteiger partial charge in [-0.15, -0.1) is 0 Å². The molecule has 24 heavy (non-hydrogen) atoms. The molecular weight excluding hydrogens is 356 g/mol. The van der Waals surface area contributed by atoms with Crippen LogP contribution in [0.3, 0.4) is 0 Å². The van der Waals surface area contributed by atoms with Gasteiger partial charge in [0.25, 0.3) is 0 Å². The number of phenolic OH excluding ortho intramolecular Hbond substituents is 1. The zero-order chi connectivity index (χ0) is 18.6. The number of benzene rings is 1. The number of esters is 1. The quantitative estimate of drug-likeness (QED) is 0.431. The fourth-order valence-corrected chi connectivity index (χ4v) is 2.39. The minimum Gasteiger partial charge on any atom is -0.508 e. The fourth-order valence-electron chi connectivity index (χ4n) is 1.75. The van der Waals surface area contributed by atoms with Gasteiger partial charge in [-0.25, -0.2) is 13.2 Å². The Morgan fingerprint density at radius 3 is 2.38 bits per heavy atom. The zero-order valence-corrected chi connectivity index (χ0v) is 13.5. The number of alkyl halides is 4. The van der Waals surface area contributed by atoms with Gasteiger partial charge in [0.1, 0.15) is 5.75 Å². The molecule has 0 bridgehead atoms.